The van der Waals surface area contributed by atoms with Crippen molar-refractivity contribution in [3.63, 3.8) is 0 Å². The Morgan fingerprint density at radius 1 is 1.29 bits per heavy atom. The van der Waals surface area contributed by atoms with E-state index in [-0.39, 0.29) is 11.5 Å². The van der Waals surface area contributed by atoms with E-state index in [2.05, 4.69) is 6.92 Å². The highest BCUT2D eigenvalue weighted by atomic mass is 35.5. The first-order valence-electron chi connectivity index (χ1n) is 7.87. The molecule has 0 aliphatic heterocycles. The van der Waals surface area contributed by atoms with Crippen LogP contribution in [0.1, 0.15) is 51.0 Å². The molecule has 3 nitrogen and oxygen atoms in total. The van der Waals surface area contributed by atoms with Gasteiger partial charge in [-0.2, -0.15) is 0 Å². The number of methoxy groups -OCH3 is 1. The molecule has 0 spiro atoms. The third kappa shape index (κ3) is 2.74. The number of hydrogen-bond acceptors (Lipinski definition) is 3. The summed E-state index contributed by atoms with van der Waals surface area (Å²) < 4.78 is 11.9. The van der Waals surface area contributed by atoms with Gasteiger partial charge in [-0.3, -0.25) is 0 Å². The van der Waals surface area contributed by atoms with Crippen LogP contribution >= 0.6 is 11.6 Å². The van der Waals surface area contributed by atoms with Crippen LogP contribution < -0.4 is 15.2 Å². The van der Waals surface area contributed by atoms with E-state index in [1.165, 1.54) is 12.8 Å². The fourth-order valence-corrected chi connectivity index (χ4v) is 3.70. The summed E-state index contributed by atoms with van der Waals surface area (Å²) in [4.78, 5) is 0. The molecule has 1 unspecified atom stereocenters. The minimum absolute atomic E-state index is 0.00607. The third-order valence-corrected chi connectivity index (χ3v) is 5.24. The van der Waals surface area contributed by atoms with Crippen LogP contribution in [0.4, 0.5) is 0 Å². The second kappa shape index (κ2) is 5.69. The fourth-order valence-electron chi connectivity index (χ4n) is 3.49. The Hall–Kier alpha value is -0.930. The van der Waals surface area contributed by atoms with E-state index in [9.17, 15) is 0 Å². The third-order valence-electron chi connectivity index (χ3n) is 5.02. The molecule has 1 aromatic carbocycles. The number of hydrogen-bond donors (Lipinski definition) is 1. The summed E-state index contributed by atoms with van der Waals surface area (Å²) in [5.41, 5.74) is 7.38. The van der Waals surface area contributed by atoms with Gasteiger partial charge in [0, 0.05) is 28.1 Å². The predicted molar refractivity (Wildman–Crippen MR) is 85.4 cm³/mol. The minimum atomic E-state index is 0.00607. The van der Waals surface area contributed by atoms with Gasteiger partial charge in [0.25, 0.3) is 0 Å². The average molecular weight is 310 g/mol. The molecular weight excluding hydrogens is 286 g/mol. The number of rotatable bonds is 5. The van der Waals surface area contributed by atoms with Crippen molar-refractivity contribution in [3.05, 3.63) is 22.7 Å². The molecule has 2 aliphatic rings. The maximum atomic E-state index is 6.32. The molecule has 1 aromatic rings. The highest BCUT2D eigenvalue weighted by Gasteiger charge is 2.50. The largest absolute Gasteiger partial charge is 0.493 e. The Morgan fingerprint density at radius 2 is 1.95 bits per heavy atom. The molecule has 116 valence electrons. The Bertz CT molecular complexity index is 520. The van der Waals surface area contributed by atoms with Crippen LogP contribution in [0.5, 0.6) is 11.5 Å². The predicted octanol–water partition coefficient (Wildman–Crippen LogP) is 4.05. The minimum Gasteiger partial charge on any atom is -0.493 e. The Morgan fingerprint density at radius 3 is 2.48 bits per heavy atom. The molecule has 2 fully saturated rings. The molecule has 0 saturated heterocycles. The Kier molecular flexibility index (Phi) is 4.06. The van der Waals surface area contributed by atoms with Crippen molar-refractivity contribution in [2.75, 3.05) is 7.11 Å². The lowest BCUT2D eigenvalue weighted by molar-refractivity contribution is 0.196. The molecule has 0 bridgehead atoms. The molecule has 0 aromatic heterocycles. The van der Waals surface area contributed by atoms with E-state index in [0.717, 1.165) is 42.7 Å². The van der Waals surface area contributed by atoms with Crippen molar-refractivity contribution in [3.8, 4) is 11.5 Å². The first kappa shape index (κ1) is 15.0. The summed E-state index contributed by atoms with van der Waals surface area (Å²) >= 11 is 6.28. The van der Waals surface area contributed by atoms with Gasteiger partial charge >= 0.3 is 0 Å². The van der Waals surface area contributed by atoms with E-state index >= 15 is 0 Å². The molecule has 1 atom stereocenters. The number of benzene rings is 1. The van der Waals surface area contributed by atoms with Crippen molar-refractivity contribution in [2.45, 2.75) is 63.0 Å². The normalized spacial score (nSPS) is 22.1. The van der Waals surface area contributed by atoms with Crippen LogP contribution in [0.25, 0.3) is 0 Å². The van der Waals surface area contributed by atoms with E-state index in [4.69, 9.17) is 26.8 Å². The van der Waals surface area contributed by atoms with Crippen molar-refractivity contribution < 1.29 is 9.47 Å². The zero-order chi connectivity index (χ0) is 15.0. The molecule has 2 N–H and O–H groups in total. The van der Waals surface area contributed by atoms with Crippen molar-refractivity contribution in [2.24, 2.45) is 5.73 Å². The first-order valence-corrected chi connectivity index (χ1v) is 8.25. The van der Waals surface area contributed by atoms with Crippen LogP contribution in [0.3, 0.4) is 0 Å². The molecule has 2 aliphatic carbocycles. The van der Waals surface area contributed by atoms with Crippen molar-refractivity contribution in [1.82, 2.24) is 0 Å². The van der Waals surface area contributed by atoms with Gasteiger partial charge in [-0.25, -0.2) is 0 Å². The van der Waals surface area contributed by atoms with Gasteiger partial charge in [0.15, 0.2) is 11.5 Å². The number of nitrogens with two attached hydrogens (primary N) is 1. The van der Waals surface area contributed by atoms with Crippen molar-refractivity contribution in [1.29, 1.82) is 0 Å². The highest BCUT2D eigenvalue weighted by Crippen LogP contribution is 2.56. The van der Waals surface area contributed by atoms with Crippen LogP contribution in [-0.4, -0.2) is 19.3 Å². The van der Waals surface area contributed by atoms with Crippen LogP contribution in [-0.2, 0) is 5.41 Å². The molecular formula is C17H24ClNO2. The van der Waals surface area contributed by atoms with E-state index in [1.54, 1.807) is 7.11 Å². The molecule has 0 amide bonds. The summed E-state index contributed by atoms with van der Waals surface area (Å²) in [6, 6.07) is 3.95. The summed E-state index contributed by atoms with van der Waals surface area (Å²) in [5.74, 6) is 1.60. The smallest absolute Gasteiger partial charge is 0.165 e. The lowest BCUT2D eigenvalue weighted by atomic mass is 9.88. The van der Waals surface area contributed by atoms with Gasteiger partial charge in [-0.15, -0.1) is 0 Å². The second-order valence-electron chi connectivity index (χ2n) is 6.45. The van der Waals surface area contributed by atoms with Gasteiger partial charge in [-0.1, -0.05) is 11.6 Å². The molecule has 0 heterocycles. The maximum Gasteiger partial charge on any atom is 0.165 e. The first-order chi connectivity index (χ1) is 10.1. The van der Waals surface area contributed by atoms with E-state index in [0.29, 0.717) is 11.1 Å². The topological polar surface area (TPSA) is 44.5 Å². The van der Waals surface area contributed by atoms with Gasteiger partial charge in [0.2, 0.25) is 0 Å². The Labute approximate surface area is 131 Å². The van der Waals surface area contributed by atoms with Gasteiger partial charge < -0.3 is 15.2 Å². The molecule has 21 heavy (non-hydrogen) atoms. The van der Waals surface area contributed by atoms with Gasteiger partial charge in [0.1, 0.15) is 0 Å². The highest BCUT2D eigenvalue weighted by molar-refractivity contribution is 6.30. The quantitative estimate of drug-likeness (QED) is 0.892. The average Bonchev–Trinajstić information content (AvgIpc) is 3.12. The van der Waals surface area contributed by atoms with Crippen molar-refractivity contribution >= 4 is 11.6 Å². The zero-order valence-corrected chi connectivity index (χ0v) is 13.6. The lowest BCUT2D eigenvalue weighted by Gasteiger charge is -2.26. The zero-order valence-electron chi connectivity index (χ0n) is 12.8. The summed E-state index contributed by atoms with van der Waals surface area (Å²) in [7, 11) is 1.67. The fraction of sp³-hybridized carbons (Fsp3) is 0.647. The molecule has 2 saturated carbocycles. The standard InChI is InChI=1S/C17H24ClNO2/c1-11(19)17(7-8-17)14-9-12(18)10-15(20-2)16(14)21-13-5-3-4-6-13/h9-11,13H,3-8,19H2,1-2H3. The maximum absolute atomic E-state index is 6.32. The van der Waals surface area contributed by atoms with Gasteiger partial charge in [-0.05, 0) is 51.5 Å². The second-order valence-corrected chi connectivity index (χ2v) is 6.89. The summed E-state index contributed by atoms with van der Waals surface area (Å²) in [6.45, 7) is 2.07. The number of halogens is 1. The molecule has 0 radical (unpaired) electrons. The van der Waals surface area contributed by atoms with E-state index < -0.39 is 0 Å². The summed E-state index contributed by atoms with van der Waals surface area (Å²) in [6.07, 6.45) is 7.21. The summed E-state index contributed by atoms with van der Waals surface area (Å²) in [5, 5.41) is 0.688. The van der Waals surface area contributed by atoms with Crippen LogP contribution in [0, 0.1) is 0 Å². The number of ether oxygens (including phenoxy) is 2. The molecule has 4 heteroatoms. The van der Waals surface area contributed by atoms with Crippen LogP contribution in [0.2, 0.25) is 5.02 Å². The van der Waals surface area contributed by atoms with Gasteiger partial charge in [0.05, 0.1) is 13.2 Å². The SMILES string of the molecule is COc1cc(Cl)cc(C2(C(C)N)CC2)c1OC1CCCC1. The Balaban J connectivity index is 2.02. The molecule has 3 rings (SSSR count). The lowest BCUT2D eigenvalue weighted by Crippen LogP contribution is -2.32. The van der Waals surface area contributed by atoms with Crippen LogP contribution in [0.15, 0.2) is 12.1 Å². The monoisotopic (exact) mass is 309 g/mol. The van der Waals surface area contributed by atoms with E-state index in [1.807, 2.05) is 12.1 Å².